The smallest absolute Gasteiger partial charge is 0.321 e. The summed E-state index contributed by atoms with van der Waals surface area (Å²) in [5.74, 6) is -1.28. The van der Waals surface area contributed by atoms with Gasteiger partial charge in [-0.3, -0.25) is 14.5 Å². The summed E-state index contributed by atoms with van der Waals surface area (Å²) in [6.07, 6.45) is 0.912. The van der Waals surface area contributed by atoms with Crippen LogP contribution in [0.4, 0.5) is 5.95 Å². The van der Waals surface area contributed by atoms with Crippen LogP contribution in [0.2, 0.25) is 0 Å². The van der Waals surface area contributed by atoms with Crippen molar-refractivity contribution in [2.45, 2.75) is 32.9 Å². The summed E-state index contributed by atoms with van der Waals surface area (Å²) in [5, 5.41) is 0. The summed E-state index contributed by atoms with van der Waals surface area (Å²) in [6, 6.07) is 25.1. The van der Waals surface area contributed by atoms with E-state index >= 15 is 0 Å². The molecule has 2 heterocycles. The van der Waals surface area contributed by atoms with E-state index in [1.54, 1.807) is 11.8 Å². The topological polar surface area (TPSA) is 64.4 Å². The van der Waals surface area contributed by atoms with Crippen molar-refractivity contribution in [1.29, 1.82) is 0 Å². The number of rotatable bonds is 6. The van der Waals surface area contributed by atoms with E-state index < -0.39 is 17.9 Å². The Morgan fingerprint density at radius 3 is 2.32 bits per heavy atom. The lowest BCUT2D eigenvalue weighted by atomic mass is 9.88. The van der Waals surface area contributed by atoms with Gasteiger partial charge in [-0.15, -0.1) is 0 Å². The number of anilines is 1. The number of fused-ring (bicyclic) bond motifs is 3. The van der Waals surface area contributed by atoms with Crippen molar-refractivity contribution >= 4 is 28.9 Å². The van der Waals surface area contributed by atoms with Gasteiger partial charge in [0.1, 0.15) is 0 Å². The van der Waals surface area contributed by atoms with Gasteiger partial charge in [-0.2, -0.15) is 0 Å². The van der Waals surface area contributed by atoms with Crippen LogP contribution in [0.25, 0.3) is 11.0 Å². The molecule has 0 fully saturated rings. The van der Waals surface area contributed by atoms with Gasteiger partial charge < -0.3 is 9.30 Å². The van der Waals surface area contributed by atoms with Gasteiger partial charge in [0.15, 0.2) is 5.92 Å². The highest BCUT2D eigenvalue weighted by Gasteiger charge is 2.47. The lowest BCUT2D eigenvalue weighted by Crippen LogP contribution is -2.49. The first-order valence-corrected chi connectivity index (χ1v) is 11.7. The van der Waals surface area contributed by atoms with Gasteiger partial charge in [0.2, 0.25) is 11.9 Å². The average Bonchev–Trinajstić information content (AvgIpc) is 3.25. The molecule has 0 radical (unpaired) electrons. The second-order valence-corrected chi connectivity index (χ2v) is 8.45. The van der Waals surface area contributed by atoms with Gasteiger partial charge in [0.25, 0.3) is 0 Å². The molecule has 0 N–H and O–H groups in total. The van der Waals surface area contributed by atoms with Crippen molar-refractivity contribution in [3.8, 4) is 0 Å². The predicted molar refractivity (Wildman–Crippen MR) is 131 cm³/mol. The number of benzene rings is 3. The van der Waals surface area contributed by atoms with Gasteiger partial charge in [-0.1, -0.05) is 73.7 Å². The molecule has 1 amide bonds. The maximum atomic E-state index is 14.0. The molecule has 3 aromatic carbocycles. The Hall–Kier alpha value is -3.93. The summed E-state index contributed by atoms with van der Waals surface area (Å²) in [6.45, 7) is 4.39. The number of esters is 1. The standard InChI is InChI=1S/C28H27N3O3/c1-3-19-14-16-21(17-15-19)25-24(27(33)34-4-2)26(32)30(18-20-10-6-5-7-11-20)28-29-22-12-8-9-13-23(22)31(25)28/h5-17,24-25H,3-4,18H2,1-2H3. The molecule has 0 saturated heterocycles. The highest BCUT2D eigenvalue weighted by atomic mass is 16.5. The largest absolute Gasteiger partial charge is 0.465 e. The van der Waals surface area contributed by atoms with Crippen LogP contribution >= 0.6 is 0 Å². The van der Waals surface area contributed by atoms with Crippen LogP contribution in [-0.2, 0) is 27.3 Å². The third-order valence-electron chi connectivity index (χ3n) is 6.40. The molecule has 1 aliphatic rings. The zero-order valence-electron chi connectivity index (χ0n) is 19.3. The van der Waals surface area contributed by atoms with E-state index in [1.165, 1.54) is 5.56 Å². The van der Waals surface area contributed by atoms with Crippen molar-refractivity contribution in [2.75, 3.05) is 11.5 Å². The molecule has 2 atom stereocenters. The predicted octanol–water partition coefficient (Wildman–Crippen LogP) is 4.91. The van der Waals surface area contributed by atoms with Crippen molar-refractivity contribution < 1.29 is 14.3 Å². The Bertz CT molecular complexity index is 1330. The minimum Gasteiger partial charge on any atom is -0.465 e. The maximum absolute atomic E-state index is 14.0. The SMILES string of the molecule is CCOC(=O)C1C(=O)N(Cc2ccccc2)c2nc3ccccc3n2C1c1ccc(CC)cc1. The first-order valence-electron chi connectivity index (χ1n) is 11.7. The van der Waals surface area contributed by atoms with Gasteiger partial charge in [-0.05, 0) is 42.2 Å². The van der Waals surface area contributed by atoms with Crippen LogP contribution in [0.1, 0.15) is 36.6 Å². The fourth-order valence-corrected chi connectivity index (χ4v) is 4.72. The first-order chi connectivity index (χ1) is 16.6. The molecule has 2 unspecified atom stereocenters. The molecule has 0 aliphatic carbocycles. The normalized spacial score (nSPS) is 17.6. The van der Waals surface area contributed by atoms with Crippen LogP contribution in [0.15, 0.2) is 78.9 Å². The monoisotopic (exact) mass is 453 g/mol. The molecular formula is C28H27N3O3. The third kappa shape index (κ3) is 3.75. The summed E-state index contributed by atoms with van der Waals surface area (Å²) in [4.78, 5) is 33.7. The Balaban J connectivity index is 1.73. The summed E-state index contributed by atoms with van der Waals surface area (Å²) in [7, 11) is 0. The first kappa shape index (κ1) is 21.9. The quantitative estimate of drug-likeness (QED) is 0.307. The lowest BCUT2D eigenvalue weighted by molar-refractivity contribution is -0.153. The fourth-order valence-electron chi connectivity index (χ4n) is 4.72. The van der Waals surface area contributed by atoms with Crippen molar-refractivity contribution in [2.24, 2.45) is 5.92 Å². The zero-order valence-corrected chi connectivity index (χ0v) is 19.3. The minimum atomic E-state index is -1.01. The van der Waals surface area contributed by atoms with E-state index in [9.17, 15) is 9.59 Å². The molecule has 4 aromatic rings. The maximum Gasteiger partial charge on any atom is 0.321 e. The Labute approximate surface area is 198 Å². The number of amides is 1. The molecule has 1 aromatic heterocycles. The summed E-state index contributed by atoms with van der Waals surface area (Å²) < 4.78 is 7.46. The van der Waals surface area contributed by atoms with Crippen molar-refractivity contribution in [3.63, 3.8) is 0 Å². The number of ether oxygens (including phenoxy) is 1. The number of nitrogens with zero attached hydrogens (tertiary/aromatic N) is 3. The van der Waals surface area contributed by atoms with Crippen LogP contribution in [-0.4, -0.2) is 28.0 Å². The molecule has 1 aliphatic heterocycles. The van der Waals surface area contributed by atoms with Crippen LogP contribution < -0.4 is 4.90 Å². The Morgan fingerprint density at radius 1 is 0.912 bits per heavy atom. The van der Waals surface area contributed by atoms with E-state index in [0.717, 1.165) is 28.6 Å². The number of hydrogen-bond donors (Lipinski definition) is 0. The van der Waals surface area contributed by atoms with Gasteiger partial charge in [0.05, 0.1) is 30.2 Å². The number of aryl methyl sites for hydroxylation is 1. The van der Waals surface area contributed by atoms with Crippen LogP contribution in [0.3, 0.4) is 0 Å². The van der Waals surface area contributed by atoms with E-state index in [-0.39, 0.29) is 12.5 Å². The van der Waals surface area contributed by atoms with E-state index in [2.05, 4.69) is 19.1 Å². The van der Waals surface area contributed by atoms with Crippen molar-refractivity contribution in [3.05, 3.63) is 95.6 Å². The van der Waals surface area contributed by atoms with Crippen molar-refractivity contribution in [1.82, 2.24) is 9.55 Å². The Morgan fingerprint density at radius 2 is 1.62 bits per heavy atom. The molecule has 34 heavy (non-hydrogen) atoms. The molecule has 0 bridgehead atoms. The number of aromatic nitrogens is 2. The molecule has 172 valence electrons. The van der Waals surface area contributed by atoms with Crippen LogP contribution in [0, 0.1) is 5.92 Å². The Kier molecular flexibility index (Phi) is 5.88. The van der Waals surface area contributed by atoms with E-state index in [1.807, 2.05) is 71.3 Å². The van der Waals surface area contributed by atoms with E-state index in [4.69, 9.17) is 9.72 Å². The number of carbonyl (C=O) groups excluding carboxylic acids is 2. The number of imidazole rings is 1. The average molecular weight is 454 g/mol. The fraction of sp³-hybridized carbons (Fsp3) is 0.250. The lowest BCUT2D eigenvalue weighted by Gasteiger charge is -2.38. The van der Waals surface area contributed by atoms with Gasteiger partial charge in [-0.25, -0.2) is 4.98 Å². The number of carbonyl (C=O) groups is 2. The molecular weight excluding hydrogens is 426 g/mol. The number of para-hydroxylation sites is 2. The van der Waals surface area contributed by atoms with Gasteiger partial charge >= 0.3 is 5.97 Å². The molecule has 0 spiro atoms. The highest BCUT2D eigenvalue weighted by Crippen LogP contribution is 2.41. The van der Waals surface area contributed by atoms with Crippen LogP contribution in [0.5, 0.6) is 0 Å². The highest BCUT2D eigenvalue weighted by molar-refractivity contribution is 6.08. The second-order valence-electron chi connectivity index (χ2n) is 8.45. The molecule has 6 heteroatoms. The third-order valence-corrected chi connectivity index (χ3v) is 6.40. The minimum absolute atomic E-state index is 0.209. The molecule has 6 nitrogen and oxygen atoms in total. The number of hydrogen-bond acceptors (Lipinski definition) is 4. The zero-order chi connectivity index (χ0) is 23.7. The molecule has 0 saturated carbocycles. The second kappa shape index (κ2) is 9.14. The van der Waals surface area contributed by atoms with E-state index in [0.29, 0.717) is 12.5 Å². The van der Waals surface area contributed by atoms with Gasteiger partial charge in [0, 0.05) is 0 Å². The molecule has 5 rings (SSSR count). The summed E-state index contributed by atoms with van der Waals surface area (Å²) >= 11 is 0. The summed E-state index contributed by atoms with van der Waals surface area (Å²) in [5.41, 5.74) is 4.69.